The molecule has 2 aliphatic rings. The minimum Gasteiger partial charge on any atom is -0.618 e. The number of likely N-dealkylation sites (tertiary alicyclic amines) is 1. The number of benzene rings is 1. The van der Waals surface area contributed by atoms with Gasteiger partial charge in [0.05, 0.1) is 12.6 Å². The number of ketones is 1. The molecule has 0 spiro atoms. The van der Waals surface area contributed by atoms with Gasteiger partial charge in [0.25, 0.3) is 0 Å². The molecule has 2 fully saturated rings. The third-order valence-corrected chi connectivity index (χ3v) is 8.54. The Morgan fingerprint density at radius 1 is 1.16 bits per heavy atom. The number of pyridine rings is 1. The molecule has 1 aromatic heterocycles. The van der Waals surface area contributed by atoms with Crippen LogP contribution in [0.5, 0.6) is 0 Å². The minimum absolute atomic E-state index is 0.0414. The molecule has 11 nitrogen and oxygen atoms in total. The molecule has 2 aliphatic heterocycles. The van der Waals surface area contributed by atoms with E-state index in [9.17, 15) is 28.0 Å². The van der Waals surface area contributed by atoms with E-state index in [1.165, 1.54) is 23.2 Å². The number of amides is 2. The van der Waals surface area contributed by atoms with Crippen molar-refractivity contribution in [1.29, 1.82) is 0 Å². The smallest absolute Gasteiger partial charge is 0.408 e. The van der Waals surface area contributed by atoms with Crippen LogP contribution in [0, 0.1) is 11.1 Å². The van der Waals surface area contributed by atoms with Gasteiger partial charge in [0.2, 0.25) is 21.6 Å². The highest BCUT2D eigenvalue weighted by atomic mass is 32.2. The van der Waals surface area contributed by atoms with Gasteiger partial charge in [-0.05, 0) is 30.4 Å². The third-order valence-electron chi connectivity index (χ3n) is 6.76. The van der Waals surface area contributed by atoms with Gasteiger partial charge >= 0.3 is 6.09 Å². The molecule has 2 saturated heterocycles. The van der Waals surface area contributed by atoms with E-state index >= 15 is 0 Å². The fraction of sp³-hybridized carbons (Fsp3) is 0.462. The monoisotopic (exact) mass is 544 g/mol. The molecule has 0 radical (unpaired) electrons. The van der Waals surface area contributed by atoms with Gasteiger partial charge in [-0.25, -0.2) is 13.2 Å². The second kappa shape index (κ2) is 11.5. The molecule has 0 bridgehead atoms. The summed E-state index contributed by atoms with van der Waals surface area (Å²) in [4.78, 5) is 40.5. The maximum absolute atomic E-state index is 13.6. The first-order valence-electron chi connectivity index (χ1n) is 12.5. The molecule has 0 saturated carbocycles. The number of carbonyl (C=O) groups excluding carboxylic acids is 3. The lowest BCUT2D eigenvalue weighted by Gasteiger charge is -2.28. The van der Waals surface area contributed by atoms with Crippen molar-refractivity contribution in [3.8, 4) is 0 Å². The van der Waals surface area contributed by atoms with Crippen LogP contribution in [0.15, 0.2) is 54.7 Å². The van der Waals surface area contributed by atoms with Crippen LogP contribution in [-0.4, -0.2) is 66.6 Å². The standard InChI is InChI=1S/C26H32N4O7S/c1-18(2)14-21(27-26(33)37-16-19-8-4-3-5-9-19)25(32)28-13-11-22-24(28)23(31)15-30(22)38(35,36)17-20-10-6-7-12-29(20)34/h3-10,12,18,21-22,24H,11,13-17H2,1-2H3,(H,27,33). The van der Waals surface area contributed by atoms with Crippen LogP contribution in [0.4, 0.5) is 4.79 Å². The second-order valence-corrected chi connectivity index (χ2v) is 11.9. The van der Waals surface area contributed by atoms with Crippen LogP contribution < -0.4 is 10.0 Å². The third kappa shape index (κ3) is 6.13. The van der Waals surface area contributed by atoms with Crippen LogP contribution in [0.1, 0.15) is 37.9 Å². The molecule has 3 heterocycles. The quantitative estimate of drug-likeness (QED) is 0.371. The van der Waals surface area contributed by atoms with E-state index in [0.29, 0.717) is 11.2 Å². The lowest BCUT2D eigenvalue weighted by atomic mass is 10.0. The number of carbonyl (C=O) groups is 3. The molecular weight excluding hydrogens is 512 g/mol. The summed E-state index contributed by atoms with van der Waals surface area (Å²) in [5.41, 5.74) is 0.845. The second-order valence-electron chi connectivity index (χ2n) is 10.0. The Bertz CT molecular complexity index is 1290. The molecular formula is C26H32N4O7S. The number of nitrogens with zero attached hydrogens (tertiary/aromatic N) is 3. The molecule has 1 N–H and O–H groups in total. The predicted octanol–water partition coefficient (Wildman–Crippen LogP) is 1.35. The Morgan fingerprint density at radius 3 is 2.55 bits per heavy atom. The molecule has 1 aromatic carbocycles. The molecule has 204 valence electrons. The number of Topliss-reactive ketones (excluding diaryl/α,β-unsaturated/α-hetero) is 1. The zero-order chi connectivity index (χ0) is 27.4. The number of aromatic nitrogens is 1. The normalized spacial score (nSPS) is 20.4. The Kier molecular flexibility index (Phi) is 8.32. The van der Waals surface area contributed by atoms with E-state index in [1.807, 2.05) is 44.2 Å². The minimum atomic E-state index is -4.00. The first-order valence-corrected chi connectivity index (χ1v) is 14.1. The van der Waals surface area contributed by atoms with Crippen molar-refractivity contribution in [2.24, 2.45) is 5.92 Å². The van der Waals surface area contributed by atoms with Crippen LogP contribution in [0.3, 0.4) is 0 Å². The number of nitrogens with one attached hydrogen (secondary N) is 1. The fourth-order valence-corrected chi connectivity index (χ4v) is 6.75. The SMILES string of the molecule is CC(C)CC(NC(=O)OCc1ccccc1)C(=O)N1CCC2C1C(=O)CN2S(=O)(=O)Cc1cccc[n+]1[O-]. The van der Waals surface area contributed by atoms with E-state index in [-0.39, 0.29) is 43.5 Å². The van der Waals surface area contributed by atoms with Gasteiger partial charge in [0, 0.05) is 18.7 Å². The molecule has 2 aromatic rings. The Labute approximate surface area is 222 Å². The summed E-state index contributed by atoms with van der Waals surface area (Å²) < 4.78 is 33.2. The summed E-state index contributed by atoms with van der Waals surface area (Å²) in [6.45, 7) is 3.67. The molecule has 38 heavy (non-hydrogen) atoms. The number of alkyl carbamates (subject to hydrolysis) is 1. The molecule has 3 unspecified atom stereocenters. The van der Waals surface area contributed by atoms with Crippen LogP contribution >= 0.6 is 0 Å². The van der Waals surface area contributed by atoms with Crippen molar-refractivity contribution >= 4 is 27.8 Å². The van der Waals surface area contributed by atoms with E-state index < -0.39 is 45.9 Å². The average Bonchev–Trinajstić information content (AvgIpc) is 3.45. The molecule has 0 aliphatic carbocycles. The highest BCUT2D eigenvalue weighted by Crippen LogP contribution is 2.33. The van der Waals surface area contributed by atoms with Crippen molar-refractivity contribution in [2.45, 2.75) is 57.2 Å². The van der Waals surface area contributed by atoms with Gasteiger partial charge in [-0.1, -0.05) is 44.2 Å². The zero-order valence-corrected chi connectivity index (χ0v) is 22.2. The number of sulfonamides is 1. The zero-order valence-electron chi connectivity index (χ0n) is 21.4. The Morgan fingerprint density at radius 2 is 1.87 bits per heavy atom. The maximum atomic E-state index is 13.6. The number of fused-ring (bicyclic) bond motifs is 1. The van der Waals surface area contributed by atoms with E-state index in [4.69, 9.17) is 4.74 Å². The van der Waals surface area contributed by atoms with Crippen molar-refractivity contribution in [3.05, 3.63) is 71.2 Å². The van der Waals surface area contributed by atoms with Crippen LogP contribution in [-0.2, 0) is 36.7 Å². The average molecular weight is 545 g/mol. The molecule has 4 rings (SSSR count). The first kappa shape index (κ1) is 27.5. The highest BCUT2D eigenvalue weighted by molar-refractivity contribution is 7.88. The van der Waals surface area contributed by atoms with Crippen molar-refractivity contribution in [2.75, 3.05) is 13.1 Å². The van der Waals surface area contributed by atoms with Gasteiger partial charge in [0.15, 0.2) is 17.7 Å². The number of ether oxygens (including phenoxy) is 1. The summed E-state index contributed by atoms with van der Waals surface area (Å²) in [6.07, 6.45) is 1.06. The van der Waals surface area contributed by atoms with Crippen LogP contribution in [0.25, 0.3) is 0 Å². The largest absolute Gasteiger partial charge is 0.618 e. The number of hydrogen-bond acceptors (Lipinski definition) is 7. The van der Waals surface area contributed by atoms with Crippen molar-refractivity contribution in [3.63, 3.8) is 0 Å². The van der Waals surface area contributed by atoms with Crippen molar-refractivity contribution < 1.29 is 32.3 Å². The number of rotatable bonds is 9. The Hall–Kier alpha value is -3.51. The van der Waals surface area contributed by atoms with Gasteiger partial charge in [-0.3, -0.25) is 9.59 Å². The molecule has 3 atom stereocenters. The van der Waals surface area contributed by atoms with Gasteiger partial charge in [0.1, 0.15) is 18.7 Å². The van der Waals surface area contributed by atoms with E-state index in [1.54, 1.807) is 6.07 Å². The predicted molar refractivity (Wildman–Crippen MR) is 137 cm³/mol. The fourth-order valence-electron chi connectivity index (χ4n) is 5.03. The summed E-state index contributed by atoms with van der Waals surface area (Å²) in [6, 6.07) is 11.0. The summed E-state index contributed by atoms with van der Waals surface area (Å²) >= 11 is 0. The topological polar surface area (TPSA) is 140 Å². The van der Waals surface area contributed by atoms with Gasteiger partial charge in [-0.2, -0.15) is 9.04 Å². The Balaban J connectivity index is 1.45. The maximum Gasteiger partial charge on any atom is 0.408 e. The summed E-state index contributed by atoms with van der Waals surface area (Å²) in [7, 11) is -4.00. The van der Waals surface area contributed by atoms with E-state index in [2.05, 4.69) is 5.32 Å². The lowest BCUT2D eigenvalue weighted by molar-refractivity contribution is -0.612. The molecule has 12 heteroatoms. The lowest BCUT2D eigenvalue weighted by Crippen LogP contribution is -2.53. The summed E-state index contributed by atoms with van der Waals surface area (Å²) in [5.74, 6) is -1.33. The van der Waals surface area contributed by atoms with E-state index in [0.717, 1.165) is 9.87 Å². The first-order chi connectivity index (χ1) is 18.1. The molecule has 2 amide bonds. The number of hydrogen-bond donors (Lipinski definition) is 1. The van der Waals surface area contributed by atoms with Crippen molar-refractivity contribution in [1.82, 2.24) is 14.5 Å². The highest BCUT2D eigenvalue weighted by Gasteiger charge is 2.54. The summed E-state index contributed by atoms with van der Waals surface area (Å²) in [5, 5.41) is 14.6. The van der Waals surface area contributed by atoms with Crippen LogP contribution in [0.2, 0.25) is 0 Å². The van der Waals surface area contributed by atoms with Gasteiger partial charge < -0.3 is 20.2 Å². The van der Waals surface area contributed by atoms with Gasteiger partial charge in [-0.15, -0.1) is 0 Å².